The highest BCUT2D eigenvalue weighted by Gasteiger charge is 2.52. The van der Waals surface area contributed by atoms with E-state index in [1.165, 1.54) is 75.9 Å². The molecule has 147 heavy (non-hydrogen) atoms. The number of hydrogen-bond acceptors (Lipinski definition) is 50. The first-order valence-corrected chi connectivity index (χ1v) is 62.3. The molecule has 17 heterocycles. The minimum Gasteiger partial charge on any atom is -0.383 e. The van der Waals surface area contributed by atoms with Crippen LogP contribution in [0.2, 0.25) is 0 Å². The third kappa shape index (κ3) is 25.7. The minimum atomic E-state index is -4.79. The summed E-state index contributed by atoms with van der Waals surface area (Å²) in [6.45, 7) is -28.6. The second-order valence-electron chi connectivity index (χ2n) is 34.3. The third-order valence-corrected chi connectivity index (χ3v) is 35.6. The van der Waals surface area contributed by atoms with Crippen molar-refractivity contribution in [2.24, 2.45) is 0 Å². The van der Waals surface area contributed by atoms with E-state index >= 15 is 0 Å². The SMILES string of the molecule is CC[C@H]1O[C@@H](n2cc(C)c(N)nc2=O)C[C@H]1OP(O)(=S)OC[C@H]1O[C@@H](n2cc(C)c(N)nc2=O)C[C@H]1OP(=O)(S)OC[C@H]1O[C@@H](n2cnc3c(N)ncnc32)C[C@H]1OP(O)(=S)OC[C@H]1O[C@@H](n2cc(C)c(=O)[nH]c2=O)C[C@H]1OP(O)(=S)OC[C@H]1O[C@@H](n2cnc3c(=O)[nH]c(N)nc32)C[C@H]1OP(O)(=S)OC[C@H]1O[C@@H](n2cc(C)c(=O)[nH]c2=O)C[C@H]1OP(O)(=S)OC[C@H]1O[C@@H](n2cnc3c(=O)[nH]c(N)nc32)C[C@H]1OP(O)(=S)OC. The molecule has 17 rings (SSSR count). The fourth-order valence-corrected chi connectivity index (χ4v) is 27.0. The number of rotatable bonds is 41. The molecule has 0 spiro atoms. The zero-order valence-corrected chi connectivity index (χ0v) is 89.2. The summed E-state index contributed by atoms with van der Waals surface area (Å²) in [6.07, 6.45) is -18.4. The minimum absolute atomic E-state index is 0.00217. The quantitative estimate of drug-likeness (QED) is 0.0188. The van der Waals surface area contributed by atoms with Gasteiger partial charge in [-0.15, -0.1) is 0 Å². The van der Waals surface area contributed by atoms with Crippen LogP contribution in [-0.2, 0) is 172 Å². The van der Waals surface area contributed by atoms with Gasteiger partial charge in [0.2, 0.25) is 11.9 Å². The smallest absolute Gasteiger partial charge is 0.383 e. The lowest BCUT2D eigenvalue weighted by molar-refractivity contribution is -0.0568. The summed E-state index contributed by atoms with van der Waals surface area (Å²) in [6, 6.07) is 0. The largest absolute Gasteiger partial charge is 0.386 e. The van der Waals surface area contributed by atoms with E-state index in [9.17, 15) is 72.3 Å². The summed E-state index contributed by atoms with van der Waals surface area (Å²) >= 11 is 37.7. The fraction of sp³-hybridized carbons (Fsp3) is 0.569. The molecule has 7 saturated heterocycles. The lowest BCUT2D eigenvalue weighted by Gasteiger charge is -2.28. The van der Waals surface area contributed by atoms with Gasteiger partial charge in [-0.1, -0.05) is 19.2 Å². The second-order valence-corrected chi connectivity index (χ2v) is 54.0. The molecule has 0 aromatic carbocycles. The number of nitrogens with zero attached hydrogens (tertiary/aromatic N) is 16. The molecular formula is C72H96N25O36P7S7. The van der Waals surface area contributed by atoms with Crippen molar-refractivity contribution >= 4 is 193 Å². The van der Waals surface area contributed by atoms with Crippen LogP contribution >= 0.6 is 59.4 Å². The number of ether oxygens (including phenoxy) is 7. The molecule has 7 unspecified atom stereocenters. The average Bonchev–Trinajstić information content (AvgIpc) is 1.64. The summed E-state index contributed by atoms with van der Waals surface area (Å²) in [5.41, 5.74) is 24.4. The van der Waals surface area contributed by atoms with Gasteiger partial charge in [-0.25, -0.2) is 48.7 Å². The standard InChI is InChI=1S/C72H96N25O36P7S7/c1-7-33-34(8-47(120-33)91-15-29(2)57(73)83-69(91)102)128-135(107,142)114-20-42-36(9-48(121-42)92-16-30(3)58(74)84-70(92)103)129-137(109,144)118-23-45-39(13-51(124-45)95-26-80-54-59(75)78-25-79-60(54)95)132-139(111,146)116-21-43-38(11-50(122-43)94-18-32(5)64(99)90-72(94)105)131-138(110,145)119-24-46-40(14-53(126-46)97-28-82-56-62(97)86-68(77)88-66(56)101)133-140(112,147)117-22-44-37(10-49(123-44)93-17-31(4)63(98)89-71(93)104)130-136(108,143)115-19-41-35(127-134(106,141)113-6)12-52(125-41)96-27-81-55-61(96)85-67(76)87-65(55)100/h15-18,25-28,33-53H,7-14,19-24H2,1-6H3,(H,106,141)(H,107,142)(H,108,143)(H,109,144)(H,110,145)(H,111,146)(H,112,147)(H2,73,83,102)(H2,74,84,103)(H2,75,78,79)(H,89,98,104)(H,90,99,105)(H3,76,85,87,100)(H3,77,86,88,101)/t33-,34-,35-,36-,37-,38-,39-,40-,41-,42-,43-,44-,45-,46-,47-,48-,49-,50-,51-,52-,53-,134?,135?,136?,137?,138?,139?,140?/m1/s1. The Balaban J connectivity index is 0.585. The highest BCUT2D eigenvalue weighted by molar-refractivity contribution is 8.44. The van der Waals surface area contributed by atoms with E-state index < -0.39 is 267 Å². The summed E-state index contributed by atoms with van der Waals surface area (Å²) in [7, 11) is 1.11. The van der Waals surface area contributed by atoms with Gasteiger partial charge in [0.1, 0.15) is 110 Å². The fourth-order valence-electron chi connectivity index (χ4n) is 17.1. The number of aromatic amines is 4. The lowest BCUT2D eigenvalue weighted by Crippen LogP contribution is -2.33. The number of nitrogen functional groups attached to an aromatic ring is 5. The van der Waals surface area contributed by atoms with E-state index in [1.807, 2.05) is 0 Å². The average molecular weight is 2330 g/mol. The van der Waals surface area contributed by atoms with Crippen LogP contribution in [-0.4, -0.2) is 258 Å². The first kappa shape index (κ1) is 111. The number of aromatic nitrogens is 20. The molecule has 75 heteroatoms. The summed E-state index contributed by atoms with van der Waals surface area (Å²) in [4.78, 5) is 223. The number of H-pyrrole nitrogens is 4. The van der Waals surface area contributed by atoms with Crippen molar-refractivity contribution in [3.05, 3.63) is 156 Å². The summed E-state index contributed by atoms with van der Waals surface area (Å²) in [5.74, 6) is -0.661. The van der Waals surface area contributed by atoms with Crippen LogP contribution in [0.25, 0.3) is 33.5 Å². The monoisotopic (exact) mass is 2330 g/mol. The van der Waals surface area contributed by atoms with Crippen molar-refractivity contribution in [1.29, 1.82) is 0 Å². The van der Waals surface area contributed by atoms with Crippen molar-refractivity contribution in [1.82, 2.24) is 96.8 Å². The molecule has 0 aliphatic carbocycles. The van der Waals surface area contributed by atoms with Crippen LogP contribution in [0.5, 0.6) is 0 Å². The number of thiol groups is 1. The van der Waals surface area contributed by atoms with Crippen LogP contribution in [0, 0.1) is 27.7 Å². The number of nitrogens with two attached hydrogens (primary N) is 5. The molecule has 7 aliphatic heterocycles. The number of fused-ring (bicyclic) bond motifs is 3. The molecule has 0 radical (unpaired) electrons. The van der Waals surface area contributed by atoms with Gasteiger partial charge in [-0.2, -0.15) is 19.9 Å². The normalized spacial score (nSPS) is 29.4. The topological polar surface area (TPSA) is 813 Å². The van der Waals surface area contributed by atoms with E-state index in [4.69, 9.17) is 196 Å². The Bertz CT molecular complexity index is 7590. The van der Waals surface area contributed by atoms with Crippen molar-refractivity contribution in [2.45, 2.75) is 215 Å². The Morgan fingerprint density at radius 2 is 0.646 bits per heavy atom. The van der Waals surface area contributed by atoms with Crippen molar-refractivity contribution in [2.75, 3.05) is 75.4 Å². The van der Waals surface area contributed by atoms with Crippen LogP contribution < -0.4 is 73.7 Å². The Hall–Kier alpha value is -7.23. The first-order valence-electron chi connectivity index (χ1n) is 44.0. The Labute approximate surface area is 860 Å². The molecule has 7 aliphatic rings. The van der Waals surface area contributed by atoms with Crippen LogP contribution in [0.15, 0.2) is 88.5 Å². The van der Waals surface area contributed by atoms with Gasteiger partial charge >= 0.3 is 69.9 Å². The third-order valence-electron chi connectivity index (χ3n) is 24.3. The maximum atomic E-state index is 14.9. The molecule has 802 valence electrons. The van der Waals surface area contributed by atoms with E-state index in [2.05, 4.69) is 77.0 Å². The molecule has 7 fully saturated rings. The van der Waals surface area contributed by atoms with Crippen LogP contribution in [0.3, 0.4) is 0 Å². The highest BCUT2D eigenvalue weighted by Crippen LogP contribution is 2.61. The number of nitrogens with one attached hydrogen (secondary N) is 4. The lowest BCUT2D eigenvalue weighted by atomic mass is 10.1. The predicted molar refractivity (Wildman–Crippen MR) is 535 cm³/mol. The zero-order chi connectivity index (χ0) is 106. The van der Waals surface area contributed by atoms with Crippen LogP contribution in [0.4, 0.5) is 29.4 Å². The second kappa shape index (κ2) is 44.3. The summed E-state index contributed by atoms with van der Waals surface area (Å²) in [5, 5.41) is 0. The predicted octanol–water partition coefficient (Wildman–Crippen LogP) is 1.06. The maximum absolute atomic E-state index is 14.9. The van der Waals surface area contributed by atoms with E-state index in [-0.39, 0.29) is 112 Å². The number of anilines is 5. The van der Waals surface area contributed by atoms with Gasteiger partial charge in [-0.3, -0.25) is 80.1 Å². The van der Waals surface area contributed by atoms with E-state index in [0.717, 1.165) is 27.1 Å². The molecule has 0 bridgehead atoms. The molecule has 0 saturated carbocycles. The number of aryl methyl sites for hydroxylation is 4. The van der Waals surface area contributed by atoms with E-state index in [1.54, 1.807) is 20.8 Å². The van der Waals surface area contributed by atoms with Gasteiger partial charge in [0.25, 0.3) is 22.2 Å². The van der Waals surface area contributed by atoms with E-state index in [0.29, 0.717) is 17.5 Å². The van der Waals surface area contributed by atoms with Crippen LogP contribution in [0.1, 0.15) is 124 Å². The maximum Gasteiger partial charge on any atom is 0.386 e. The molecule has 28 atom stereocenters. The molecule has 10 aromatic rings. The Kier molecular flexibility index (Phi) is 33.4. The number of hydrogen-bond donors (Lipinski definition) is 16. The van der Waals surface area contributed by atoms with Gasteiger partial charge < -0.3 is 145 Å². The molecule has 10 aromatic heterocycles. The van der Waals surface area contributed by atoms with Gasteiger partial charge in [0.15, 0.2) is 33.8 Å². The highest BCUT2D eigenvalue weighted by atomic mass is 32.7. The molecule has 20 N–H and O–H groups in total. The van der Waals surface area contributed by atoms with Gasteiger partial charge in [-0.05, 0) is 105 Å². The molecular weight excluding hydrogens is 2230 g/mol. The van der Waals surface area contributed by atoms with Gasteiger partial charge in [0.05, 0.1) is 101 Å². The number of imidazole rings is 3. The Morgan fingerprint density at radius 1 is 0.361 bits per heavy atom. The van der Waals surface area contributed by atoms with Crippen molar-refractivity contribution in [3.63, 3.8) is 0 Å². The first-order chi connectivity index (χ1) is 69.2. The molecule has 0 amide bonds. The van der Waals surface area contributed by atoms with Gasteiger partial charge in [0, 0.05) is 99.1 Å². The van der Waals surface area contributed by atoms with Crippen molar-refractivity contribution in [3.8, 4) is 0 Å². The summed E-state index contributed by atoms with van der Waals surface area (Å²) < 4.78 is 152. The Morgan fingerprint density at radius 3 is 0.986 bits per heavy atom. The molecule has 61 nitrogen and oxygen atoms in total. The zero-order valence-electron chi connectivity index (χ0n) is 77.1. The van der Waals surface area contributed by atoms with Crippen molar-refractivity contribution < 1.29 is 130 Å².